The van der Waals surface area contributed by atoms with Crippen molar-refractivity contribution in [2.45, 2.75) is 6.04 Å². The van der Waals surface area contributed by atoms with Crippen molar-refractivity contribution in [3.8, 4) is 0 Å². The highest BCUT2D eigenvalue weighted by molar-refractivity contribution is 7.07. The Balaban J connectivity index is 2.63. The average Bonchev–Trinajstić information content (AvgIpc) is 2.51. The summed E-state index contributed by atoms with van der Waals surface area (Å²) in [4.78, 5) is 10.3. The molecule has 0 radical (unpaired) electrons. The standard InChI is InChI=1S/C7H10N2O2S/c8-3-6(9-7(10)11)5-1-2-12-4-5/h1-2,4,6,9H,3,8H2,(H,10,11). The van der Waals surface area contributed by atoms with E-state index in [1.165, 1.54) is 11.3 Å². The number of nitrogens with two attached hydrogens (primary N) is 1. The highest BCUT2D eigenvalue weighted by atomic mass is 32.1. The van der Waals surface area contributed by atoms with Crippen LogP contribution in [0.15, 0.2) is 16.8 Å². The molecule has 0 saturated heterocycles. The second kappa shape index (κ2) is 4.08. The Morgan fingerprint density at radius 2 is 2.58 bits per heavy atom. The second-order valence-electron chi connectivity index (χ2n) is 2.29. The molecule has 12 heavy (non-hydrogen) atoms. The van der Waals surface area contributed by atoms with E-state index in [0.29, 0.717) is 0 Å². The Morgan fingerprint density at radius 3 is 3.00 bits per heavy atom. The molecular weight excluding hydrogens is 176 g/mol. The molecule has 0 saturated carbocycles. The minimum Gasteiger partial charge on any atom is -0.465 e. The van der Waals surface area contributed by atoms with Gasteiger partial charge in [0.2, 0.25) is 0 Å². The van der Waals surface area contributed by atoms with Gasteiger partial charge < -0.3 is 16.2 Å². The Hall–Kier alpha value is -1.07. The second-order valence-corrected chi connectivity index (χ2v) is 3.07. The average molecular weight is 186 g/mol. The molecule has 0 aliphatic rings. The predicted octanol–water partition coefficient (Wildman–Crippen LogP) is 1.02. The zero-order valence-electron chi connectivity index (χ0n) is 6.36. The molecule has 1 atom stereocenters. The number of hydrogen-bond acceptors (Lipinski definition) is 3. The fourth-order valence-corrected chi connectivity index (χ4v) is 1.61. The maximum Gasteiger partial charge on any atom is 0.405 e. The van der Waals surface area contributed by atoms with E-state index < -0.39 is 6.09 Å². The lowest BCUT2D eigenvalue weighted by molar-refractivity contribution is 0.190. The molecule has 5 heteroatoms. The van der Waals surface area contributed by atoms with Crippen molar-refractivity contribution in [2.24, 2.45) is 5.73 Å². The van der Waals surface area contributed by atoms with E-state index in [9.17, 15) is 4.79 Å². The SMILES string of the molecule is NCC(NC(=O)O)c1ccsc1. The summed E-state index contributed by atoms with van der Waals surface area (Å²) in [5.41, 5.74) is 6.31. The van der Waals surface area contributed by atoms with Crippen LogP contribution in [0.3, 0.4) is 0 Å². The van der Waals surface area contributed by atoms with E-state index in [4.69, 9.17) is 10.8 Å². The molecule has 1 aromatic rings. The van der Waals surface area contributed by atoms with Crippen LogP contribution in [-0.4, -0.2) is 17.7 Å². The van der Waals surface area contributed by atoms with Crippen molar-refractivity contribution in [1.29, 1.82) is 0 Å². The van der Waals surface area contributed by atoms with E-state index in [1.807, 2.05) is 16.8 Å². The fourth-order valence-electron chi connectivity index (χ4n) is 0.901. The summed E-state index contributed by atoms with van der Waals surface area (Å²) in [7, 11) is 0. The lowest BCUT2D eigenvalue weighted by atomic mass is 10.1. The van der Waals surface area contributed by atoms with Crippen molar-refractivity contribution in [2.75, 3.05) is 6.54 Å². The van der Waals surface area contributed by atoms with Crippen LogP contribution in [-0.2, 0) is 0 Å². The van der Waals surface area contributed by atoms with Crippen molar-refractivity contribution in [1.82, 2.24) is 5.32 Å². The summed E-state index contributed by atoms with van der Waals surface area (Å²) < 4.78 is 0. The molecule has 0 fully saturated rings. The number of carboxylic acid groups (broad SMARTS) is 1. The summed E-state index contributed by atoms with van der Waals surface area (Å²) >= 11 is 1.52. The van der Waals surface area contributed by atoms with Gasteiger partial charge in [0.15, 0.2) is 0 Å². The molecule has 0 aliphatic heterocycles. The molecule has 66 valence electrons. The molecule has 0 spiro atoms. The third kappa shape index (κ3) is 2.21. The quantitative estimate of drug-likeness (QED) is 0.659. The first-order valence-corrected chi connectivity index (χ1v) is 4.40. The zero-order chi connectivity index (χ0) is 8.97. The van der Waals surface area contributed by atoms with Crippen molar-refractivity contribution in [3.63, 3.8) is 0 Å². The summed E-state index contributed by atoms with van der Waals surface area (Å²) in [6.45, 7) is 0.281. The van der Waals surface area contributed by atoms with E-state index in [-0.39, 0.29) is 12.6 Å². The van der Waals surface area contributed by atoms with Gasteiger partial charge in [0.25, 0.3) is 0 Å². The lowest BCUT2D eigenvalue weighted by Crippen LogP contribution is -2.31. The van der Waals surface area contributed by atoms with Gasteiger partial charge in [-0.2, -0.15) is 11.3 Å². The third-order valence-electron chi connectivity index (χ3n) is 1.48. The number of thiophene rings is 1. The molecular formula is C7H10N2O2S. The Kier molecular flexibility index (Phi) is 3.07. The number of carbonyl (C=O) groups is 1. The largest absolute Gasteiger partial charge is 0.465 e. The maximum atomic E-state index is 10.3. The van der Waals surface area contributed by atoms with Gasteiger partial charge in [-0.25, -0.2) is 4.79 Å². The summed E-state index contributed by atoms with van der Waals surface area (Å²) in [6, 6.07) is 1.58. The smallest absolute Gasteiger partial charge is 0.405 e. The minimum atomic E-state index is -1.04. The number of amides is 1. The monoisotopic (exact) mass is 186 g/mol. The predicted molar refractivity (Wildman–Crippen MR) is 47.3 cm³/mol. The summed E-state index contributed by atoms with van der Waals surface area (Å²) in [5, 5.41) is 14.6. The highest BCUT2D eigenvalue weighted by Gasteiger charge is 2.11. The molecule has 0 aliphatic carbocycles. The van der Waals surface area contributed by atoms with Crippen molar-refractivity contribution in [3.05, 3.63) is 22.4 Å². The molecule has 4 nitrogen and oxygen atoms in total. The van der Waals surface area contributed by atoms with Gasteiger partial charge in [0, 0.05) is 6.54 Å². The first-order chi connectivity index (χ1) is 5.74. The molecule has 4 N–H and O–H groups in total. The molecule has 0 aromatic carbocycles. The molecule has 1 aromatic heterocycles. The van der Waals surface area contributed by atoms with E-state index >= 15 is 0 Å². The van der Waals surface area contributed by atoms with Gasteiger partial charge >= 0.3 is 6.09 Å². The minimum absolute atomic E-state index is 0.281. The Bertz CT molecular complexity index is 248. The first-order valence-electron chi connectivity index (χ1n) is 3.45. The van der Waals surface area contributed by atoms with Crippen LogP contribution in [0.5, 0.6) is 0 Å². The molecule has 1 heterocycles. The summed E-state index contributed by atoms with van der Waals surface area (Å²) in [6.07, 6.45) is -1.04. The summed E-state index contributed by atoms with van der Waals surface area (Å²) in [5.74, 6) is 0. The number of hydrogen-bond donors (Lipinski definition) is 3. The van der Waals surface area contributed by atoms with Crippen molar-refractivity contribution < 1.29 is 9.90 Å². The van der Waals surface area contributed by atoms with E-state index in [1.54, 1.807) is 0 Å². The van der Waals surface area contributed by atoms with Gasteiger partial charge in [-0.15, -0.1) is 0 Å². The van der Waals surface area contributed by atoms with Crippen LogP contribution in [0.1, 0.15) is 11.6 Å². The van der Waals surface area contributed by atoms with Gasteiger partial charge in [-0.05, 0) is 22.4 Å². The van der Waals surface area contributed by atoms with Crippen LogP contribution in [0, 0.1) is 0 Å². The van der Waals surface area contributed by atoms with Gasteiger partial charge in [0.1, 0.15) is 0 Å². The number of nitrogens with one attached hydrogen (secondary N) is 1. The Morgan fingerprint density at radius 1 is 1.83 bits per heavy atom. The third-order valence-corrected chi connectivity index (χ3v) is 2.18. The highest BCUT2D eigenvalue weighted by Crippen LogP contribution is 2.14. The van der Waals surface area contributed by atoms with Crippen LogP contribution in [0.2, 0.25) is 0 Å². The van der Waals surface area contributed by atoms with Gasteiger partial charge in [0.05, 0.1) is 6.04 Å². The Labute approximate surface area is 74.0 Å². The molecule has 1 unspecified atom stereocenters. The van der Waals surface area contributed by atoms with Crippen molar-refractivity contribution >= 4 is 17.4 Å². The van der Waals surface area contributed by atoms with E-state index in [2.05, 4.69) is 5.32 Å². The van der Waals surface area contributed by atoms with Crippen LogP contribution >= 0.6 is 11.3 Å². The molecule has 1 amide bonds. The fraction of sp³-hybridized carbons (Fsp3) is 0.286. The lowest BCUT2D eigenvalue weighted by Gasteiger charge is -2.12. The maximum absolute atomic E-state index is 10.3. The zero-order valence-corrected chi connectivity index (χ0v) is 7.17. The van der Waals surface area contributed by atoms with Gasteiger partial charge in [-0.3, -0.25) is 0 Å². The molecule has 0 bridgehead atoms. The van der Waals surface area contributed by atoms with E-state index in [0.717, 1.165) is 5.56 Å². The topological polar surface area (TPSA) is 75.3 Å². The number of rotatable bonds is 3. The normalized spacial score (nSPS) is 12.4. The van der Waals surface area contributed by atoms with Crippen LogP contribution in [0.4, 0.5) is 4.79 Å². The molecule has 1 rings (SSSR count). The van der Waals surface area contributed by atoms with Crippen LogP contribution < -0.4 is 11.1 Å². The van der Waals surface area contributed by atoms with Crippen LogP contribution in [0.25, 0.3) is 0 Å². The van der Waals surface area contributed by atoms with Gasteiger partial charge in [-0.1, -0.05) is 0 Å². The first kappa shape index (κ1) is 9.02.